The van der Waals surface area contributed by atoms with Crippen LogP contribution in [0.2, 0.25) is 0 Å². The average Bonchev–Trinajstić information content (AvgIpc) is 3.55. The molecule has 1 heterocycles. The maximum atomic E-state index is 12.6. The Bertz CT molecular complexity index is 710. The zero-order chi connectivity index (χ0) is 18.1. The molecule has 1 atom stereocenters. The number of nitrogens with zero attached hydrogens (tertiary/aromatic N) is 1. The van der Waals surface area contributed by atoms with E-state index in [-0.39, 0.29) is 29.8 Å². The smallest absolute Gasteiger partial charge is 0.319 e. The number of likely N-dealkylation sites (tertiary alicyclic amines) is 1. The SMILES string of the molecule is O=C(Nc1ccc(NC(=O)C2CCCN2C(=O)C2CC2)cc1)NC1CC1. The molecule has 4 amide bonds. The number of nitrogens with one attached hydrogen (secondary N) is 3. The van der Waals surface area contributed by atoms with Gasteiger partial charge in [-0.2, -0.15) is 0 Å². The van der Waals surface area contributed by atoms with E-state index in [4.69, 9.17) is 0 Å². The molecule has 7 heteroatoms. The third-order valence-electron chi connectivity index (χ3n) is 5.09. The summed E-state index contributed by atoms with van der Waals surface area (Å²) in [6.45, 7) is 0.673. The Morgan fingerprint density at radius 2 is 1.54 bits per heavy atom. The number of amides is 4. The van der Waals surface area contributed by atoms with Crippen molar-refractivity contribution >= 4 is 29.2 Å². The summed E-state index contributed by atoms with van der Waals surface area (Å²) in [5.41, 5.74) is 1.33. The lowest BCUT2D eigenvalue weighted by Crippen LogP contribution is -2.43. The minimum absolute atomic E-state index is 0.129. The van der Waals surface area contributed by atoms with Crippen LogP contribution in [0.1, 0.15) is 38.5 Å². The van der Waals surface area contributed by atoms with E-state index in [0.29, 0.717) is 30.4 Å². The molecule has 4 rings (SSSR count). The summed E-state index contributed by atoms with van der Waals surface area (Å²) < 4.78 is 0. The zero-order valence-electron chi connectivity index (χ0n) is 14.7. The molecule has 1 unspecified atom stereocenters. The molecule has 3 fully saturated rings. The van der Waals surface area contributed by atoms with Crippen molar-refractivity contribution in [2.24, 2.45) is 5.92 Å². The van der Waals surface area contributed by atoms with Gasteiger partial charge in [-0.3, -0.25) is 9.59 Å². The lowest BCUT2D eigenvalue weighted by atomic mass is 10.2. The Morgan fingerprint density at radius 1 is 0.885 bits per heavy atom. The molecule has 1 saturated heterocycles. The predicted molar refractivity (Wildman–Crippen MR) is 97.7 cm³/mol. The highest BCUT2D eigenvalue weighted by Gasteiger charge is 2.40. The Labute approximate surface area is 152 Å². The first kappa shape index (κ1) is 16.9. The van der Waals surface area contributed by atoms with Crippen LogP contribution >= 0.6 is 0 Å². The van der Waals surface area contributed by atoms with Crippen molar-refractivity contribution in [2.45, 2.75) is 50.6 Å². The van der Waals surface area contributed by atoms with Gasteiger partial charge in [-0.25, -0.2) is 4.79 Å². The number of urea groups is 1. The van der Waals surface area contributed by atoms with E-state index < -0.39 is 0 Å². The molecule has 3 aliphatic rings. The highest BCUT2D eigenvalue weighted by molar-refractivity contribution is 5.98. The second-order valence-electron chi connectivity index (χ2n) is 7.40. The van der Waals surface area contributed by atoms with Crippen LogP contribution in [0.3, 0.4) is 0 Å². The standard InChI is InChI=1S/C19H24N4O3/c24-17(16-2-1-11-23(16)18(25)12-3-4-12)20-13-5-7-14(8-6-13)21-19(26)22-15-9-10-15/h5-8,12,15-16H,1-4,9-11H2,(H,20,24)(H2,21,22,26). The van der Waals surface area contributed by atoms with Gasteiger partial charge in [0.15, 0.2) is 0 Å². The number of carbonyl (C=O) groups is 3. The molecule has 0 bridgehead atoms. The molecule has 1 aromatic carbocycles. The molecule has 0 spiro atoms. The minimum Gasteiger partial charge on any atom is -0.335 e. The van der Waals surface area contributed by atoms with Crippen molar-refractivity contribution in [2.75, 3.05) is 17.2 Å². The van der Waals surface area contributed by atoms with Gasteiger partial charge in [0.2, 0.25) is 11.8 Å². The molecule has 26 heavy (non-hydrogen) atoms. The van der Waals surface area contributed by atoms with Gasteiger partial charge in [0.25, 0.3) is 0 Å². The summed E-state index contributed by atoms with van der Waals surface area (Å²) in [4.78, 5) is 38.4. The maximum absolute atomic E-state index is 12.6. The van der Waals surface area contributed by atoms with Crippen LogP contribution in [0.4, 0.5) is 16.2 Å². The quantitative estimate of drug-likeness (QED) is 0.756. The van der Waals surface area contributed by atoms with Crippen LogP contribution in [0.15, 0.2) is 24.3 Å². The lowest BCUT2D eigenvalue weighted by Gasteiger charge is -2.24. The normalized spacial score (nSPS) is 22.0. The van der Waals surface area contributed by atoms with Crippen LogP contribution in [0.25, 0.3) is 0 Å². The molecule has 3 N–H and O–H groups in total. The fourth-order valence-corrected chi connectivity index (χ4v) is 3.31. The van der Waals surface area contributed by atoms with Crippen LogP contribution in [0.5, 0.6) is 0 Å². The first-order valence-corrected chi connectivity index (χ1v) is 9.39. The van der Waals surface area contributed by atoms with Crippen LogP contribution in [0, 0.1) is 5.92 Å². The monoisotopic (exact) mass is 356 g/mol. The summed E-state index contributed by atoms with van der Waals surface area (Å²) >= 11 is 0. The number of hydrogen-bond donors (Lipinski definition) is 3. The first-order chi connectivity index (χ1) is 12.6. The number of anilines is 2. The number of carbonyl (C=O) groups excluding carboxylic acids is 3. The molecular formula is C19H24N4O3. The Hall–Kier alpha value is -2.57. The van der Waals surface area contributed by atoms with Gasteiger partial charge >= 0.3 is 6.03 Å². The average molecular weight is 356 g/mol. The second-order valence-corrected chi connectivity index (χ2v) is 7.40. The molecule has 1 aromatic rings. The fraction of sp³-hybridized carbons (Fsp3) is 0.526. The Kier molecular flexibility index (Phi) is 4.53. The molecule has 1 aliphatic heterocycles. The molecule has 0 radical (unpaired) electrons. The van der Waals surface area contributed by atoms with E-state index in [1.54, 1.807) is 29.2 Å². The Morgan fingerprint density at radius 3 is 2.15 bits per heavy atom. The zero-order valence-corrected chi connectivity index (χ0v) is 14.7. The van der Waals surface area contributed by atoms with Gasteiger partial charge in [-0.1, -0.05) is 0 Å². The van der Waals surface area contributed by atoms with Gasteiger partial charge in [-0.15, -0.1) is 0 Å². The van der Waals surface area contributed by atoms with Crippen molar-refractivity contribution in [1.82, 2.24) is 10.2 Å². The highest BCUT2D eigenvalue weighted by Crippen LogP contribution is 2.34. The third kappa shape index (κ3) is 3.98. The molecule has 0 aromatic heterocycles. The fourth-order valence-electron chi connectivity index (χ4n) is 3.31. The second kappa shape index (κ2) is 6.97. The van der Waals surface area contributed by atoms with E-state index in [0.717, 1.165) is 32.1 Å². The maximum Gasteiger partial charge on any atom is 0.319 e. The van der Waals surface area contributed by atoms with Gasteiger partial charge in [0, 0.05) is 29.9 Å². The summed E-state index contributed by atoms with van der Waals surface area (Å²) in [6.07, 6.45) is 5.57. The molecule has 2 saturated carbocycles. The first-order valence-electron chi connectivity index (χ1n) is 9.39. The Balaban J connectivity index is 1.32. The van der Waals surface area contributed by atoms with Crippen LogP contribution in [-0.4, -0.2) is 41.4 Å². The number of rotatable bonds is 5. The number of hydrogen-bond acceptors (Lipinski definition) is 3. The largest absolute Gasteiger partial charge is 0.335 e. The molecular weight excluding hydrogens is 332 g/mol. The lowest BCUT2D eigenvalue weighted by molar-refractivity contribution is -0.137. The van der Waals surface area contributed by atoms with Crippen molar-refractivity contribution in [1.29, 1.82) is 0 Å². The van der Waals surface area contributed by atoms with E-state index in [9.17, 15) is 14.4 Å². The third-order valence-corrected chi connectivity index (χ3v) is 5.09. The van der Waals surface area contributed by atoms with Gasteiger partial charge in [-0.05, 0) is 62.8 Å². The van der Waals surface area contributed by atoms with Gasteiger partial charge < -0.3 is 20.9 Å². The van der Waals surface area contributed by atoms with Crippen LogP contribution in [-0.2, 0) is 9.59 Å². The van der Waals surface area contributed by atoms with Gasteiger partial charge in [0.1, 0.15) is 6.04 Å². The summed E-state index contributed by atoms with van der Waals surface area (Å²) in [6, 6.07) is 6.75. The van der Waals surface area contributed by atoms with Crippen molar-refractivity contribution in [3.63, 3.8) is 0 Å². The summed E-state index contributed by atoms with van der Waals surface area (Å²) in [5.74, 6) is 0.128. The van der Waals surface area contributed by atoms with E-state index in [1.807, 2.05) is 0 Å². The summed E-state index contributed by atoms with van der Waals surface area (Å²) in [7, 11) is 0. The van der Waals surface area contributed by atoms with E-state index in [2.05, 4.69) is 16.0 Å². The van der Waals surface area contributed by atoms with Crippen molar-refractivity contribution < 1.29 is 14.4 Å². The molecule has 138 valence electrons. The van der Waals surface area contributed by atoms with E-state index >= 15 is 0 Å². The van der Waals surface area contributed by atoms with Crippen molar-refractivity contribution in [3.8, 4) is 0 Å². The van der Waals surface area contributed by atoms with Gasteiger partial charge in [0.05, 0.1) is 0 Å². The predicted octanol–water partition coefficient (Wildman–Crippen LogP) is 2.31. The van der Waals surface area contributed by atoms with E-state index in [1.165, 1.54) is 0 Å². The minimum atomic E-state index is -0.370. The topological polar surface area (TPSA) is 90.5 Å². The highest BCUT2D eigenvalue weighted by atomic mass is 16.2. The van der Waals surface area contributed by atoms with Crippen molar-refractivity contribution in [3.05, 3.63) is 24.3 Å². The molecule has 7 nitrogen and oxygen atoms in total. The van der Waals surface area contributed by atoms with Crippen LogP contribution < -0.4 is 16.0 Å². The summed E-state index contributed by atoms with van der Waals surface area (Å²) in [5, 5.41) is 8.52. The molecule has 2 aliphatic carbocycles. The number of benzene rings is 1.